The Morgan fingerprint density at radius 2 is 1.69 bits per heavy atom. The summed E-state index contributed by atoms with van der Waals surface area (Å²) in [5.74, 6) is 3.25. The van der Waals surface area contributed by atoms with E-state index in [0.717, 1.165) is 33.9 Å². The molecule has 0 radical (unpaired) electrons. The van der Waals surface area contributed by atoms with Crippen LogP contribution in [0.15, 0.2) is 53.7 Å². The molecule has 0 aliphatic heterocycles. The van der Waals surface area contributed by atoms with Gasteiger partial charge in [-0.15, -0.1) is 10.2 Å². The molecule has 1 atom stereocenters. The van der Waals surface area contributed by atoms with Crippen LogP contribution in [0, 0.1) is 0 Å². The van der Waals surface area contributed by atoms with Gasteiger partial charge in [-0.1, -0.05) is 23.4 Å². The number of hydrogen-bond donors (Lipinski definition) is 0. The molecule has 0 amide bonds. The molecule has 0 N–H and O–H groups in total. The zero-order valence-electron chi connectivity index (χ0n) is 17.0. The second-order valence-electron chi connectivity index (χ2n) is 6.66. The quantitative estimate of drug-likeness (QED) is 0.360. The van der Waals surface area contributed by atoms with Crippen LogP contribution in [0.25, 0.3) is 5.69 Å². The normalized spacial score (nSPS) is 12.2. The van der Waals surface area contributed by atoms with Gasteiger partial charge in [-0.2, -0.15) is 0 Å². The number of methoxy groups -OCH3 is 1. The summed E-state index contributed by atoms with van der Waals surface area (Å²) in [6, 6.07) is 15.4. The van der Waals surface area contributed by atoms with Crippen LogP contribution in [0.2, 0.25) is 5.02 Å². The summed E-state index contributed by atoms with van der Waals surface area (Å²) in [6.45, 7) is 2.67. The molecule has 0 fully saturated rings. The monoisotopic (exact) mass is 432 g/mol. The molecule has 1 unspecified atom stereocenters. The molecule has 0 saturated carbocycles. The second-order valence-corrected chi connectivity index (χ2v) is 8.16. The van der Waals surface area contributed by atoms with Gasteiger partial charge in [-0.05, 0) is 69.6 Å². The highest BCUT2D eigenvalue weighted by atomic mass is 35.5. The Kier molecular flexibility index (Phi) is 7.41. The van der Waals surface area contributed by atoms with Crippen molar-refractivity contribution in [2.45, 2.75) is 18.1 Å². The van der Waals surface area contributed by atoms with E-state index in [0.29, 0.717) is 11.6 Å². The van der Waals surface area contributed by atoms with E-state index in [-0.39, 0.29) is 6.04 Å². The van der Waals surface area contributed by atoms with Gasteiger partial charge < -0.3 is 9.47 Å². The third-order valence-electron chi connectivity index (χ3n) is 4.53. The number of ether oxygens (including phenoxy) is 2. The Morgan fingerprint density at radius 3 is 2.31 bits per heavy atom. The van der Waals surface area contributed by atoms with Crippen molar-refractivity contribution >= 4 is 23.4 Å². The molecular weight excluding hydrogens is 408 g/mol. The fraction of sp³-hybridized carbons (Fsp3) is 0.333. The highest BCUT2D eigenvalue weighted by Gasteiger charge is 2.20. The molecular formula is C21H25ClN4O2S. The van der Waals surface area contributed by atoms with Gasteiger partial charge in [-0.25, -0.2) is 0 Å². The molecule has 2 aromatic carbocycles. The second kappa shape index (κ2) is 10.0. The lowest BCUT2D eigenvalue weighted by molar-refractivity contribution is 0.305. The van der Waals surface area contributed by atoms with Crippen LogP contribution in [0.5, 0.6) is 11.5 Å². The predicted molar refractivity (Wildman–Crippen MR) is 118 cm³/mol. The maximum Gasteiger partial charge on any atom is 0.196 e. The van der Waals surface area contributed by atoms with Crippen molar-refractivity contribution in [1.82, 2.24) is 19.7 Å². The largest absolute Gasteiger partial charge is 0.497 e. The van der Waals surface area contributed by atoms with Crippen molar-refractivity contribution in [3.05, 3.63) is 59.4 Å². The first kappa shape index (κ1) is 21.5. The maximum atomic E-state index is 6.07. The fourth-order valence-corrected chi connectivity index (χ4v) is 3.58. The highest BCUT2D eigenvalue weighted by molar-refractivity contribution is 7.99. The molecule has 29 heavy (non-hydrogen) atoms. The minimum atomic E-state index is 0.114. The summed E-state index contributed by atoms with van der Waals surface area (Å²) in [5, 5.41) is 10.4. The van der Waals surface area contributed by atoms with E-state index in [1.165, 1.54) is 0 Å². The molecule has 0 spiro atoms. The van der Waals surface area contributed by atoms with Crippen LogP contribution in [-0.4, -0.2) is 53.2 Å². The number of benzene rings is 2. The summed E-state index contributed by atoms with van der Waals surface area (Å²) in [5.41, 5.74) is 0.988. The van der Waals surface area contributed by atoms with Gasteiger partial charge in [-0.3, -0.25) is 9.47 Å². The van der Waals surface area contributed by atoms with Crippen molar-refractivity contribution in [3.63, 3.8) is 0 Å². The average molecular weight is 433 g/mol. The minimum absolute atomic E-state index is 0.114. The lowest BCUT2D eigenvalue weighted by Crippen LogP contribution is -2.20. The van der Waals surface area contributed by atoms with Gasteiger partial charge in [0.15, 0.2) is 11.0 Å². The molecule has 1 aromatic heterocycles. The van der Waals surface area contributed by atoms with Crippen molar-refractivity contribution in [2.24, 2.45) is 0 Å². The number of halogens is 1. The summed E-state index contributed by atoms with van der Waals surface area (Å²) in [6.07, 6.45) is 0. The van der Waals surface area contributed by atoms with Crippen LogP contribution >= 0.6 is 23.4 Å². The molecule has 0 saturated heterocycles. The van der Waals surface area contributed by atoms with Crippen molar-refractivity contribution in [2.75, 3.05) is 33.6 Å². The molecule has 3 rings (SSSR count). The maximum absolute atomic E-state index is 6.07. The van der Waals surface area contributed by atoms with E-state index >= 15 is 0 Å². The lowest BCUT2D eigenvalue weighted by Gasteiger charge is -2.20. The minimum Gasteiger partial charge on any atom is -0.497 e. The SMILES string of the molecule is COc1ccc(OCCSc2nnc(C(C)N(C)C)n2-c2ccc(Cl)cc2)cc1. The van der Waals surface area contributed by atoms with E-state index in [2.05, 4.69) is 26.6 Å². The summed E-state index contributed by atoms with van der Waals surface area (Å²) >= 11 is 7.68. The smallest absolute Gasteiger partial charge is 0.196 e. The molecule has 8 heteroatoms. The summed E-state index contributed by atoms with van der Waals surface area (Å²) in [7, 11) is 5.71. The van der Waals surface area contributed by atoms with Crippen LogP contribution in [0.3, 0.4) is 0 Å². The van der Waals surface area contributed by atoms with E-state index in [1.54, 1.807) is 18.9 Å². The highest BCUT2D eigenvalue weighted by Crippen LogP contribution is 2.27. The Balaban J connectivity index is 1.71. The van der Waals surface area contributed by atoms with Gasteiger partial charge in [0, 0.05) is 16.5 Å². The third kappa shape index (κ3) is 5.44. The molecule has 0 aliphatic rings. The van der Waals surface area contributed by atoms with E-state index in [9.17, 15) is 0 Å². The zero-order valence-corrected chi connectivity index (χ0v) is 18.6. The number of thioether (sulfide) groups is 1. The van der Waals surface area contributed by atoms with Crippen LogP contribution in [0.4, 0.5) is 0 Å². The van der Waals surface area contributed by atoms with E-state index < -0.39 is 0 Å². The Hall–Kier alpha value is -2.22. The van der Waals surface area contributed by atoms with Crippen LogP contribution < -0.4 is 9.47 Å². The topological polar surface area (TPSA) is 52.4 Å². The van der Waals surface area contributed by atoms with Gasteiger partial charge >= 0.3 is 0 Å². The molecule has 154 valence electrons. The first-order chi connectivity index (χ1) is 14.0. The molecule has 0 aliphatic carbocycles. The molecule has 0 bridgehead atoms. The molecule has 6 nitrogen and oxygen atoms in total. The van der Waals surface area contributed by atoms with Crippen molar-refractivity contribution in [3.8, 4) is 17.2 Å². The van der Waals surface area contributed by atoms with Gasteiger partial charge in [0.1, 0.15) is 11.5 Å². The van der Waals surface area contributed by atoms with Gasteiger partial charge in [0.2, 0.25) is 0 Å². The Bertz CT molecular complexity index is 913. The Morgan fingerprint density at radius 1 is 1.03 bits per heavy atom. The first-order valence-electron chi connectivity index (χ1n) is 9.27. The lowest BCUT2D eigenvalue weighted by atomic mass is 10.2. The van der Waals surface area contributed by atoms with Crippen LogP contribution in [0.1, 0.15) is 18.8 Å². The average Bonchev–Trinajstić information content (AvgIpc) is 3.15. The molecule has 1 heterocycles. The van der Waals surface area contributed by atoms with Crippen molar-refractivity contribution < 1.29 is 9.47 Å². The standard InChI is InChI=1S/C21H25ClN4O2S/c1-15(25(2)3)20-23-24-21(26(20)17-7-5-16(22)6-8-17)29-14-13-28-19-11-9-18(27-4)10-12-19/h5-12,15H,13-14H2,1-4H3. The number of aromatic nitrogens is 3. The predicted octanol–water partition coefficient (Wildman–Crippen LogP) is 4.72. The number of nitrogens with zero attached hydrogens (tertiary/aromatic N) is 4. The summed E-state index contributed by atoms with van der Waals surface area (Å²) in [4.78, 5) is 2.11. The molecule has 3 aromatic rings. The van der Waals surface area contributed by atoms with E-state index in [1.807, 2.05) is 62.6 Å². The van der Waals surface area contributed by atoms with Gasteiger partial charge in [0.05, 0.1) is 19.8 Å². The number of rotatable bonds is 9. The Labute approximate surface area is 180 Å². The van der Waals surface area contributed by atoms with Gasteiger partial charge in [0.25, 0.3) is 0 Å². The van der Waals surface area contributed by atoms with E-state index in [4.69, 9.17) is 21.1 Å². The first-order valence-corrected chi connectivity index (χ1v) is 10.6. The number of hydrogen-bond acceptors (Lipinski definition) is 6. The van der Waals surface area contributed by atoms with Crippen molar-refractivity contribution in [1.29, 1.82) is 0 Å². The fourth-order valence-electron chi connectivity index (χ4n) is 2.67. The summed E-state index contributed by atoms with van der Waals surface area (Å²) < 4.78 is 13.1. The third-order valence-corrected chi connectivity index (χ3v) is 5.68. The van der Waals surface area contributed by atoms with Crippen LogP contribution in [-0.2, 0) is 0 Å². The zero-order chi connectivity index (χ0) is 20.8.